The highest BCUT2D eigenvalue weighted by molar-refractivity contribution is 6.34. The Bertz CT molecular complexity index is 553. The van der Waals surface area contributed by atoms with E-state index in [-0.39, 0.29) is 0 Å². The molecule has 3 N–H and O–H groups in total. The molecular formula is C13H12Cl2N2O. The molecular weight excluding hydrogens is 271 g/mol. The van der Waals surface area contributed by atoms with Crippen LogP contribution in [0.25, 0.3) is 0 Å². The number of rotatable bonds is 3. The number of anilines is 3. The van der Waals surface area contributed by atoms with E-state index in [2.05, 4.69) is 5.32 Å². The van der Waals surface area contributed by atoms with E-state index in [1.807, 2.05) is 6.07 Å². The molecule has 5 heteroatoms. The van der Waals surface area contributed by atoms with Gasteiger partial charge in [0.2, 0.25) is 0 Å². The van der Waals surface area contributed by atoms with Gasteiger partial charge < -0.3 is 15.8 Å². The average Bonchev–Trinajstić information content (AvgIpc) is 2.34. The quantitative estimate of drug-likeness (QED) is 0.824. The van der Waals surface area contributed by atoms with Crippen LogP contribution in [0, 0.1) is 0 Å². The molecule has 0 unspecified atom stereocenters. The summed E-state index contributed by atoms with van der Waals surface area (Å²) in [6.45, 7) is 0. The molecule has 0 aromatic heterocycles. The highest BCUT2D eigenvalue weighted by Crippen LogP contribution is 2.33. The monoisotopic (exact) mass is 282 g/mol. The van der Waals surface area contributed by atoms with Crippen molar-refractivity contribution in [3.63, 3.8) is 0 Å². The van der Waals surface area contributed by atoms with E-state index in [4.69, 9.17) is 33.7 Å². The normalized spacial score (nSPS) is 10.2. The topological polar surface area (TPSA) is 47.3 Å². The molecule has 0 aliphatic rings. The Balaban J connectivity index is 2.32. The molecule has 0 atom stereocenters. The van der Waals surface area contributed by atoms with Crippen LogP contribution in [0.1, 0.15) is 0 Å². The summed E-state index contributed by atoms with van der Waals surface area (Å²) in [5, 5.41) is 4.21. The molecule has 18 heavy (non-hydrogen) atoms. The number of methoxy groups -OCH3 is 1. The van der Waals surface area contributed by atoms with E-state index in [0.29, 0.717) is 27.2 Å². The Morgan fingerprint density at radius 1 is 1.11 bits per heavy atom. The Labute approximate surface area is 115 Å². The Kier molecular flexibility index (Phi) is 3.84. The van der Waals surface area contributed by atoms with Gasteiger partial charge in [-0.25, -0.2) is 0 Å². The van der Waals surface area contributed by atoms with Crippen LogP contribution < -0.4 is 15.8 Å². The summed E-state index contributed by atoms with van der Waals surface area (Å²) in [4.78, 5) is 0. The van der Waals surface area contributed by atoms with Crippen molar-refractivity contribution in [1.29, 1.82) is 0 Å². The van der Waals surface area contributed by atoms with Crippen molar-refractivity contribution in [2.75, 3.05) is 18.2 Å². The first kappa shape index (κ1) is 12.9. The molecule has 0 saturated carbocycles. The molecule has 2 aromatic carbocycles. The molecule has 0 fully saturated rings. The lowest BCUT2D eigenvalue weighted by molar-refractivity contribution is 0.415. The van der Waals surface area contributed by atoms with Gasteiger partial charge in [0.15, 0.2) is 0 Å². The maximum absolute atomic E-state index is 6.08. The van der Waals surface area contributed by atoms with Gasteiger partial charge in [-0.15, -0.1) is 0 Å². The first-order valence-electron chi connectivity index (χ1n) is 5.26. The molecule has 0 heterocycles. The van der Waals surface area contributed by atoms with E-state index in [9.17, 15) is 0 Å². The Morgan fingerprint density at radius 2 is 1.89 bits per heavy atom. The zero-order valence-electron chi connectivity index (χ0n) is 9.71. The number of nitrogens with one attached hydrogen (secondary N) is 1. The summed E-state index contributed by atoms with van der Waals surface area (Å²) >= 11 is 12.1. The predicted octanol–water partition coefficient (Wildman–Crippen LogP) is 4.33. The summed E-state index contributed by atoms with van der Waals surface area (Å²) in [6, 6.07) is 10.7. The molecule has 3 nitrogen and oxygen atoms in total. The molecule has 0 saturated heterocycles. The van der Waals surface area contributed by atoms with Gasteiger partial charge in [0, 0.05) is 5.69 Å². The number of hydrogen-bond acceptors (Lipinski definition) is 3. The SMILES string of the molecule is COc1ccc(Nc2c(N)cccc2Cl)cc1Cl. The van der Waals surface area contributed by atoms with Gasteiger partial charge in [-0.05, 0) is 30.3 Å². The van der Waals surface area contributed by atoms with Crippen LogP contribution in [0.4, 0.5) is 17.1 Å². The number of ether oxygens (including phenoxy) is 1. The lowest BCUT2D eigenvalue weighted by Gasteiger charge is -2.12. The minimum atomic E-state index is 0.521. The van der Waals surface area contributed by atoms with Crippen LogP contribution in [-0.2, 0) is 0 Å². The number of nitrogen functional groups attached to an aromatic ring is 1. The van der Waals surface area contributed by atoms with Gasteiger partial charge >= 0.3 is 0 Å². The van der Waals surface area contributed by atoms with Crippen molar-refractivity contribution in [3.05, 3.63) is 46.4 Å². The molecule has 0 aliphatic carbocycles. The highest BCUT2D eigenvalue weighted by Gasteiger charge is 2.06. The second-order valence-electron chi connectivity index (χ2n) is 3.68. The molecule has 0 amide bonds. The van der Waals surface area contributed by atoms with Gasteiger partial charge in [0.05, 0.1) is 28.5 Å². The molecule has 94 valence electrons. The maximum atomic E-state index is 6.08. The van der Waals surface area contributed by atoms with Crippen LogP contribution in [0.5, 0.6) is 5.75 Å². The van der Waals surface area contributed by atoms with E-state index in [1.165, 1.54) is 0 Å². The van der Waals surface area contributed by atoms with Crippen LogP contribution >= 0.6 is 23.2 Å². The van der Waals surface area contributed by atoms with Gasteiger partial charge in [-0.2, -0.15) is 0 Å². The van der Waals surface area contributed by atoms with Gasteiger partial charge in [-0.3, -0.25) is 0 Å². The number of hydrogen-bond donors (Lipinski definition) is 2. The summed E-state index contributed by atoms with van der Waals surface area (Å²) in [5.74, 6) is 0.620. The minimum Gasteiger partial charge on any atom is -0.495 e. The van der Waals surface area contributed by atoms with E-state index in [1.54, 1.807) is 37.4 Å². The molecule has 0 spiro atoms. The standard InChI is InChI=1S/C13H12Cl2N2O/c1-18-12-6-5-8(7-10(12)15)17-13-9(14)3-2-4-11(13)16/h2-7,17H,16H2,1H3. The third kappa shape index (κ3) is 2.63. The van der Waals surface area contributed by atoms with E-state index in [0.717, 1.165) is 5.69 Å². The number of benzene rings is 2. The van der Waals surface area contributed by atoms with Crippen LogP contribution in [0.3, 0.4) is 0 Å². The highest BCUT2D eigenvalue weighted by atomic mass is 35.5. The maximum Gasteiger partial charge on any atom is 0.137 e. The smallest absolute Gasteiger partial charge is 0.137 e. The van der Waals surface area contributed by atoms with E-state index >= 15 is 0 Å². The first-order chi connectivity index (χ1) is 8.61. The van der Waals surface area contributed by atoms with Crippen LogP contribution in [0.2, 0.25) is 10.0 Å². The molecule has 2 aromatic rings. The third-order valence-corrected chi connectivity index (χ3v) is 3.08. The molecule has 0 aliphatic heterocycles. The first-order valence-corrected chi connectivity index (χ1v) is 6.02. The van der Waals surface area contributed by atoms with Crippen LogP contribution in [-0.4, -0.2) is 7.11 Å². The average molecular weight is 283 g/mol. The minimum absolute atomic E-state index is 0.521. The lowest BCUT2D eigenvalue weighted by Crippen LogP contribution is -1.97. The number of para-hydroxylation sites is 1. The van der Waals surface area contributed by atoms with Crippen molar-refractivity contribution in [3.8, 4) is 5.75 Å². The van der Waals surface area contributed by atoms with E-state index < -0.39 is 0 Å². The fourth-order valence-corrected chi connectivity index (χ4v) is 2.05. The molecule has 0 bridgehead atoms. The van der Waals surface area contributed by atoms with Gasteiger partial charge in [0.25, 0.3) is 0 Å². The summed E-state index contributed by atoms with van der Waals surface area (Å²) < 4.78 is 5.09. The Morgan fingerprint density at radius 3 is 2.50 bits per heavy atom. The largest absolute Gasteiger partial charge is 0.495 e. The van der Waals surface area contributed by atoms with Crippen molar-refractivity contribution in [2.45, 2.75) is 0 Å². The Hall–Kier alpha value is -1.58. The summed E-state index contributed by atoms with van der Waals surface area (Å²) in [5.41, 5.74) is 7.90. The number of nitrogens with two attached hydrogens (primary N) is 1. The third-order valence-electron chi connectivity index (χ3n) is 2.47. The zero-order valence-corrected chi connectivity index (χ0v) is 11.2. The predicted molar refractivity (Wildman–Crippen MR) is 77.2 cm³/mol. The lowest BCUT2D eigenvalue weighted by atomic mass is 10.2. The van der Waals surface area contributed by atoms with Crippen molar-refractivity contribution in [2.24, 2.45) is 0 Å². The van der Waals surface area contributed by atoms with Gasteiger partial charge in [-0.1, -0.05) is 29.3 Å². The second kappa shape index (κ2) is 5.38. The van der Waals surface area contributed by atoms with Crippen molar-refractivity contribution < 1.29 is 4.74 Å². The second-order valence-corrected chi connectivity index (χ2v) is 4.49. The van der Waals surface area contributed by atoms with Gasteiger partial charge in [0.1, 0.15) is 5.75 Å². The van der Waals surface area contributed by atoms with Crippen molar-refractivity contribution in [1.82, 2.24) is 0 Å². The van der Waals surface area contributed by atoms with Crippen LogP contribution in [0.15, 0.2) is 36.4 Å². The zero-order chi connectivity index (χ0) is 13.1. The van der Waals surface area contributed by atoms with Crippen molar-refractivity contribution >= 4 is 40.3 Å². The summed E-state index contributed by atoms with van der Waals surface area (Å²) in [7, 11) is 1.57. The fraction of sp³-hybridized carbons (Fsp3) is 0.0769. The molecule has 0 radical (unpaired) electrons. The summed E-state index contributed by atoms with van der Waals surface area (Å²) in [6.07, 6.45) is 0. The fourth-order valence-electron chi connectivity index (χ4n) is 1.56. The molecule has 2 rings (SSSR count). The number of halogens is 2.